The largest absolute Gasteiger partial charge is 0.503 e. The van der Waals surface area contributed by atoms with E-state index in [4.69, 9.17) is 0 Å². The molecular formula is C21H15F2N3O3S. The van der Waals surface area contributed by atoms with Gasteiger partial charge in [0.1, 0.15) is 17.7 Å². The predicted octanol–water partition coefficient (Wildman–Crippen LogP) is 4.22. The average Bonchev–Trinajstić information content (AvgIpc) is 3.20. The maximum atomic E-state index is 14.6. The van der Waals surface area contributed by atoms with Crippen LogP contribution < -0.4 is 4.90 Å². The monoisotopic (exact) mass is 427 g/mol. The number of amides is 1. The van der Waals surface area contributed by atoms with E-state index in [1.165, 1.54) is 6.20 Å². The van der Waals surface area contributed by atoms with E-state index in [2.05, 4.69) is 9.97 Å². The SMILES string of the molecule is Cc1nc(C)c(C(=O)C2=C(O)C(=O)N(c3cc(F)ccc3F)C2c2ccccn2)s1. The van der Waals surface area contributed by atoms with Crippen molar-refractivity contribution in [3.05, 3.63) is 86.8 Å². The molecule has 0 saturated heterocycles. The second-order valence-electron chi connectivity index (χ2n) is 6.67. The summed E-state index contributed by atoms with van der Waals surface area (Å²) in [6.07, 6.45) is 1.44. The molecule has 0 fully saturated rings. The fourth-order valence-corrected chi connectivity index (χ4v) is 4.31. The highest BCUT2D eigenvalue weighted by molar-refractivity contribution is 7.14. The molecule has 3 aromatic rings. The number of rotatable bonds is 4. The molecule has 1 unspecified atom stereocenters. The summed E-state index contributed by atoms with van der Waals surface area (Å²) in [5.41, 5.74) is 0.0162. The van der Waals surface area contributed by atoms with Crippen LogP contribution in [-0.4, -0.2) is 26.8 Å². The lowest BCUT2D eigenvalue weighted by molar-refractivity contribution is -0.117. The van der Waals surface area contributed by atoms with Crippen molar-refractivity contribution in [2.75, 3.05) is 4.90 Å². The molecule has 1 aromatic carbocycles. The van der Waals surface area contributed by atoms with E-state index in [1.54, 1.807) is 32.0 Å². The van der Waals surface area contributed by atoms with Crippen molar-refractivity contribution < 1.29 is 23.5 Å². The highest BCUT2D eigenvalue weighted by Gasteiger charge is 2.46. The van der Waals surface area contributed by atoms with E-state index < -0.39 is 40.8 Å². The van der Waals surface area contributed by atoms with E-state index in [0.717, 1.165) is 34.4 Å². The minimum absolute atomic E-state index is 0.223. The highest BCUT2D eigenvalue weighted by Crippen LogP contribution is 2.42. The molecule has 0 bridgehead atoms. The second-order valence-corrected chi connectivity index (χ2v) is 7.87. The van der Waals surface area contributed by atoms with Crippen LogP contribution in [0.3, 0.4) is 0 Å². The molecule has 1 aliphatic rings. The van der Waals surface area contributed by atoms with Gasteiger partial charge in [0.05, 0.1) is 32.5 Å². The van der Waals surface area contributed by atoms with Crippen LogP contribution in [0.15, 0.2) is 53.9 Å². The molecule has 1 atom stereocenters. The van der Waals surface area contributed by atoms with Crippen LogP contribution in [-0.2, 0) is 4.79 Å². The third-order valence-electron chi connectivity index (χ3n) is 4.70. The van der Waals surface area contributed by atoms with Gasteiger partial charge in [-0.2, -0.15) is 0 Å². The van der Waals surface area contributed by atoms with E-state index in [0.29, 0.717) is 10.7 Å². The van der Waals surface area contributed by atoms with Gasteiger partial charge in [0, 0.05) is 12.3 Å². The summed E-state index contributed by atoms with van der Waals surface area (Å²) in [5, 5.41) is 11.3. The van der Waals surface area contributed by atoms with Crippen molar-refractivity contribution in [1.29, 1.82) is 0 Å². The first kappa shape index (κ1) is 19.8. The van der Waals surface area contributed by atoms with Gasteiger partial charge in [-0.1, -0.05) is 6.07 Å². The number of nitrogens with zero attached hydrogens (tertiary/aromatic N) is 3. The number of ketones is 1. The van der Waals surface area contributed by atoms with E-state index in [1.807, 2.05) is 0 Å². The Labute approximate surface area is 174 Å². The van der Waals surface area contributed by atoms with Crippen LogP contribution in [0.4, 0.5) is 14.5 Å². The standard InChI is InChI=1S/C21H15F2N3O3S/c1-10-20(30-11(2)25-10)18(27)16-17(14-5-3-4-8-24-14)26(21(29)19(16)28)15-9-12(22)6-7-13(15)23/h3-9,17,28H,1-2H3. The number of pyridine rings is 1. The molecule has 152 valence electrons. The summed E-state index contributed by atoms with van der Waals surface area (Å²) in [5.74, 6) is -4.11. The first-order chi connectivity index (χ1) is 14.3. The lowest BCUT2D eigenvalue weighted by atomic mass is 9.98. The Morgan fingerprint density at radius 3 is 2.60 bits per heavy atom. The molecule has 2 aromatic heterocycles. The van der Waals surface area contributed by atoms with Gasteiger partial charge in [-0.25, -0.2) is 13.8 Å². The van der Waals surface area contributed by atoms with Gasteiger partial charge in [-0.05, 0) is 38.1 Å². The van der Waals surface area contributed by atoms with Gasteiger partial charge < -0.3 is 5.11 Å². The summed E-state index contributed by atoms with van der Waals surface area (Å²) in [4.78, 5) is 35.8. The first-order valence-corrected chi connectivity index (χ1v) is 9.72. The van der Waals surface area contributed by atoms with Crippen LogP contribution >= 0.6 is 11.3 Å². The number of aliphatic hydroxyl groups excluding tert-OH is 1. The minimum Gasteiger partial charge on any atom is -0.503 e. The molecule has 1 N–H and O–H groups in total. The summed E-state index contributed by atoms with van der Waals surface area (Å²) < 4.78 is 28.4. The molecular weight excluding hydrogens is 412 g/mol. The molecule has 0 aliphatic carbocycles. The van der Waals surface area contributed by atoms with Crippen molar-refractivity contribution >= 4 is 28.7 Å². The summed E-state index contributed by atoms with van der Waals surface area (Å²) in [6, 6.07) is 6.20. The van der Waals surface area contributed by atoms with Crippen molar-refractivity contribution in [3.63, 3.8) is 0 Å². The Hall–Kier alpha value is -3.46. The summed E-state index contributed by atoms with van der Waals surface area (Å²) in [7, 11) is 0. The Balaban J connectivity index is 1.92. The Bertz CT molecular complexity index is 1210. The lowest BCUT2D eigenvalue weighted by Gasteiger charge is -2.26. The third-order valence-corrected chi connectivity index (χ3v) is 5.77. The number of aryl methyl sites for hydroxylation is 2. The average molecular weight is 427 g/mol. The number of Topliss-reactive ketones (excluding diaryl/α,β-unsaturated/α-hetero) is 1. The van der Waals surface area contributed by atoms with Crippen molar-refractivity contribution in [2.45, 2.75) is 19.9 Å². The van der Waals surface area contributed by atoms with Crippen molar-refractivity contribution in [2.24, 2.45) is 0 Å². The number of hydrogen-bond donors (Lipinski definition) is 1. The zero-order chi connectivity index (χ0) is 21.6. The molecule has 0 spiro atoms. The quantitative estimate of drug-likeness (QED) is 0.631. The van der Waals surface area contributed by atoms with Gasteiger partial charge in [0.25, 0.3) is 5.91 Å². The van der Waals surface area contributed by atoms with Crippen LogP contribution in [0.2, 0.25) is 0 Å². The van der Waals surface area contributed by atoms with Crippen LogP contribution in [0, 0.1) is 25.5 Å². The molecule has 30 heavy (non-hydrogen) atoms. The Morgan fingerprint density at radius 2 is 1.97 bits per heavy atom. The number of anilines is 1. The predicted molar refractivity (Wildman–Crippen MR) is 106 cm³/mol. The fourth-order valence-electron chi connectivity index (χ4n) is 3.44. The number of halogens is 2. The Morgan fingerprint density at radius 1 is 1.20 bits per heavy atom. The number of aliphatic hydroxyl groups is 1. The number of thiazole rings is 1. The molecule has 1 amide bonds. The van der Waals surface area contributed by atoms with Crippen molar-refractivity contribution in [1.82, 2.24) is 9.97 Å². The minimum atomic E-state index is -1.23. The van der Waals surface area contributed by atoms with Gasteiger partial charge in [-0.3, -0.25) is 19.5 Å². The van der Waals surface area contributed by atoms with Gasteiger partial charge in [0.2, 0.25) is 5.78 Å². The fraction of sp³-hybridized carbons (Fsp3) is 0.143. The van der Waals surface area contributed by atoms with Gasteiger partial charge in [0.15, 0.2) is 5.76 Å². The highest BCUT2D eigenvalue weighted by atomic mass is 32.1. The first-order valence-electron chi connectivity index (χ1n) is 8.91. The summed E-state index contributed by atoms with van der Waals surface area (Å²) >= 11 is 1.12. The van der Waals surface area contributed by atoms with E-state index >= 15 is 0 Å². The molecule has 1 aliphatic heterocycles. The van der Waals surface area contributed by atoms with Crippen LogP contribution in [0.1, 0.15) is 32.1 Å². The second kappa shape index (κ2) is 7.42. The van der Waals surface area contributed by atoms with E-state index in [-0.39, 0.29) is 16.1 Å². The summed E-state index contributed by atoms with van der Waals surface area (Å²) in [6.45, 7) is 3.37. The normalized spacial score (nSPS) is 16.5. The van der Waals surface area contributed by atoms with Crippen molar-refractivity contribution in [3.8, 4) is 0 Å². The van der Waals surface area contributed by atoms with Gasteiger partial charge in [-0.15, -0.1) is 11.3 Å². The number of hydrogen-bond acceptors (Lipinski definition) is 6. The van der Waals surface area contributed by atoms with Crippen LogP contribution in [0.5, 0.6) is 0 Å². The third kappa shape index (κ3) is 3.17. The molecule has 3 heterocycles. The number of aromatic nitrogens is 2. The number of carbonyl (C=O) groups is 2. The molecule has 6 nitrogen and oxygen atoms in total. The molecule has 0 radical (unpaired) electrons. The smallest absolute Gasteiger partial charge is 0.294 e. The molecule has 9 heteroatoms. The zero-order valence-electron chi connectivity index (χ0n) is 15.9. The zero-order valence-corrected chi connectivity index (χ0v) is 16.7. The topological polar surface area (TPSA) is 83.4 Å². The van der Waals surface area contributed by atoms with Crippen LogP contribution in [0.25, 0.3) is 0 Å². The lowest BCUT2D eigenvalue weighted by Crippen LogP contribution is -2.32. The maximum absolute atomic E-state index is 14.6. The molecule has 0 saturated carbocycles. The molecule has 4 rings (SSSR count). The van der Waals surface area contributed by atoms with E-state index in [9.17, 15) is 23.5 Å². The maximum Gasteiger partial charge on any atom is 0.294 e. The number of benzene rings is 1. The number of carbonyl (C=O) groups excluding carboxylic acids is 2. The Kier molecular flexibility index (Phi) is 4.90. The van der Waals surface area contributed by atoms with Gasteiger partial charge >= 0.3 is 0 Å².